The first kappa shape index (κ1) is 14.7. The fourth-order valence-electron chi connectivity index (χ4n) is 2.60. The van der Waals surface area contributed by atoms with E-state index in [4.69, 9.17) is 4.74 Å². The zero-order chi connectivity index (χ0) is 15.0. The molecule has 0 heterocycles. The Labute approximate surface area is 120 Å². The fourth-order valence-corrected chi connectivity index (χ4v) is 2.60. The SMILES string of the molecule is CC1(C)Cc2cccc(NNC(=O)OC(C)(C)C)c2C1. The number of carbonyl (C=O) groups excluding carboxylic acids is 1. The molecule has 1 aromatic carbocycles. The minimum absolute atomic E-state index is 0.284. The Morgan fingerprint density at radius 3 is 2.60 bits per heavy atom. The van der Waals surface area contributed by atoms with E-state index >= 15 is 0 Å². The summed E-state index contributed by atoms with van der Waals surface area (Å²) in [5.74, 6) is 0. The average molecular weight is 276 g/mol. The molecule has 1 amide bonds. The molecule has 0 atom stereocenters. The van der Waals surface area contributed by atoms with Crippen LogP contribution in [-0.4, -0.2) is 11.7 Å². The molecule has 2 N–H and O–H groups in total. The third-order valence-corrected chi connectivity index (χ3v) is 3.30. The van der Waals surface area contributed by atoms with Gasteiger partial charge in [-0.3, -0.25) is 5.43 Å². The summed E-state index contributed by atoms with van der Waals surface area (Å²) >= 11 is 0. The number of carbonyl (C=O) groups is 1. The molecule has 1 aliphatic rings. The second kappa shape index (κ2) is 5.00. The summed E-state index contributed by atoms with van der Waals surface area (Å²) in [6, 6.07) is 6.15. The summed E-state index contributed by atoms with van der Waals surface area (Å²) in [6.07, 6.45) is 1.62. The standard InChI is InChI=1S/C16H24N2O2/c1-15(2,3)20-14(19)18-17-13-8-6-7-11-9-16(4,5)10-12(11)13/h6-8,17H,9-10H2,1-5H3,(H,18,19). The van der Waals surface area contributed by atoms with E-state index in [1.54, 1.807) is 0 Å². The second-order valence-electron chi connectivity index (χ2n) is 7.21. The highest BCUT2D eigenvalue weighted by Crippen LogP contribution is 2.39. The van der Waals surface area contributed by atoms with Crippen LogP contribution in [0, 0.1) is 5.41 Å². The Bertz CT molecular complexity index is 516. The summed E-state index contributed by atoms with van der Waals surface area (Å²) < 4.78 is 5.21. The number of ether oxygens (including phenoxy) is 1. The zero-order valence-electron chi connectivity index (χ0n) is 13.0. The highest BCUT2D eigenvalue weighted by Gasteiger charge is 2.30. The molecule has 20 heavy (non-hydrogen) atoms. The van der Waals surface area contributed by atoms with Crippen molar-refractivity contribution in [3.63, 3.8) is 0 Å². The summed E-state index contributed by atoms with van der Waals surface area (Å²) in [5, 5.41) is 0. The van der Waals surface area contributed by atoms with Crippen molar-refractivity contribution in [3.05, 3.63) is 29.3 Å². The van der Waals surface area contributed by atoms with Gasteiger partial charge < -0.3 is 4.74 Å². The minimum atomic E-state index is -0.494. The van der Waals surface area contributed by atoms with Crippen LogP contribution in [0.2, 0.25) is 0 Å². The van der Waals surface area contributed by atoms with Gasteiger partial charge in [-0.2, -0.15) is 0 Å². The number of hydrogen-bond acceptors (Lipinski definition) is 3. The number of hydrogen-bond donors (Lipinski definition) is 2. The van der Waals surface area contributed by atoms with E-state index < -0.39 is 11.7 Å². The van der Waals surface area contributed by atoms with Crippen LogP contribution in [0.5, 0.6) is 0 Å². The van der Waals surface area contributed by atoms with Gasteiger partial charge in [-0.25, -0.2) is 10.2 Å². The van der Waals surface area contributed by atoms with Gasteiger partial charge in [0.25, 0.3) is 0 Å². The van der Waals surface area contributed by atoms with E-state index in [0.29, 0.717) is 0 Å². The van der Waals surface area contributed by atoms with Gasteiger partial charge in [0, 0.05) is 0 Å². The van der Waals surface area contributed by atoms with Gasteiger partial charge in [0.05, 0.1) is 5.69 Å². The molecule has 4 heteroatoms. The summed E-state index contributed by atoms with van der Waals surface area (Å²) in [5.41, 5.74) is 8.97. The Hall–Kier alpha value is -1.71. The van der Waals surface area contributed by atoms with Crippen molar-refractivity contribution < 1.29 is 9.53 Å². The highest BCUT2D eigenvalue weighted by atomic mass is 16.6. The lowest BCUT2D eigenvalue weighted by atomic mass is 9.90. The number of nitrogens with one attached hydrogen (secondary N) is 2. The Morgan fingerprint density at radius 1 is 1.25 bits per heavy atom. The second-order valence-corrected chi connectivity index (χ2v) is 7.21. The number of anilines is 1. The fraction of sp³-hybridized carbons (Fsp3) is 0.562. The molecule has 0 fully saturated rings. The lowest BCUT2D eigenvalue weighted by Crippen LogP contribution is -2.36. The Balaban J connectivity index is 2.02. The minimum Gasteiger partial charge on any atom is -0.443 e. The molecule has 4 nitrogen and oxygen atoms in total. The lowest BCUT2D eigenvalue weighted by Gasteiger charge is -2.20. The van der Waals surface area contributed by atoms with Gasteiger partial charge in [-0.15, -0.1) is 0 Å². The first-order valence-electron chi connectivity index (χ1n) is 7.02. The van der Waals surface area contributed by atoms with Gasteiger partial charge in [0.15, 0.2) is 0 Å². The third kappa shape index (κ3) is 3.65. The predicted octanol–water partition coefficient (Wildman–Crippen LogP) is 3.66. The first-order valence-corrected chi connectivity index (χ1v) is 7.02. The van der Waals surface area contributed by atoms with Crippen molar-refractivity contribution in [1.29, 1.82) is 0 Å². The maximum Gasteiger partial charge on any atom is 0.426 e. The van der Waals surface area contributed by atoms with Crippen molar-refractivity contribution in [2.24, 2.45) is 5.41 Å². The quantitative estimate of drug-likeness (QED) is 0.810. The van der Waals surface area contributed by atoms with Gasteiger partial charge in [-0.05, 0) is 56.2 Å². The van der Waals surface area contributed by atoms with Crippen LogP contribution in [0.4, 0.5) is 10.5 Å². The number of benzene rings is 1. The van der Waals surface area contributed by atoms with Crippen LogP contribution in [-0.2, 0) is 17.6 Å². The van der Waals surface area contributed by atoms with Crippen molar-refractivity contribution in [1.82, 2.24) is 5.43 Å². The van der Waals surface area contributed by atoms with E-state index in [9.17, 15) is 4.79 Å². The molecule has 1 aromatic rings. The van der Waals surface area contributed by atoms with Crippen molar-refractivity contribution >= 4 is 11.8 Å². The molecule has 0 saturated heterocycles. The monoisotopic (exact) mass is 276 g/mol. The Kier molecular flexibility index (Phi) is 3.67. The Morgan fingerprint density at radius 2 is 1.95 bits per heavy atom. The average Bonchev–Trinajstić information content (AvgIpc) is 2.58. The molecule has 110 valence electrons. The van der Waals surface area contributed by atoms with Crippen LogP contribution in [0.25, 0.3) is 0 Å². The zero-order valence-corrected chi connectivity index (χ0v) is 13.0. The van der Waals surface area contributed by atoms with E-state index in [1.165, 1.54) is 11.1 Å². The summed E-state index contributed by atoms with van der Waals surface area (Å²) in [6.45, 7) is 10.1. The third-order valence-electron chi connectivity index (χ3n) is 3.30. The summed E-state index contributed by atoms with van der Waals surface area (Å²) in [7, 11) is 0. The topological polar surface area (TPSA) is 50.4 Å². The summed E-state index contributed by atoms with van der Waals surface area (Å²) in [4.78, 5) is 11.7. The van der Waals surface area contributed by atoms with Crippen LogP contribution >= 0.6 is 0 Å². The molecule has 0 spiro atoms. The van der Waals surface area contributed by atoms with Crippen molar-refractivity contribution in [2.75, 3.05) is 5.43 Å². The van der Waals surface area contributed by atoms with E-state index in [2.05, 4.69) is 30.8 Å². The molecular weight excluding hydrogens is 252 g/mol. The molecule has 0 bridgehead atoms. The van der Waals surface area contributed by atoms with Crippen LogP contribution in [0.3, 0.4) is 0 Å². The van der Waals surface area contributed by atoms with Gasteiger partial charge >= 0.3 is 6.09 Å². The smallest absolute Gasteiger partial charge is 0.426 e. The molecular formula is C16H24N2O2. The highest BCUT2D eigenvalue weighted by molar-refractivity contribution is 5.70. The molecule has 0 saturated carbocycles. The number of amides is 1. The van der Waals surface area contributed by atoms with Gasteiger partial charge in [-0.1, -0.05) is 26.0 Å². The van der Waals surface area contributed by atoms with Crippen molar-refractivity contribution in [3.8, 4) is 0 Å². The number of fused-ring (bicyclic) bond motifs is 1. The van der Waals surface area contributed by atoms with Crippen LogP contribution in [0.1, 0.15) is 45.7 Å². The van der Waals surface area contributed by atoms with E-state index in [0.717, 1.165) is 18.5 Å². The lowest BCUT2D eigenvalue weighted by molar-refractivity contribution is 0.0541. The van der Waals surface area contributed by atoms with Crippen molar-refractivity contribution in [2.45, 2.75) is 53.1 Å². The maximum atomic E-state index is 11.7. The maximum absolute atomic E-state index is 11.7. The molecule has 0 aromatic heterocycles. The first-order chi connectivity index (χ1) is 9.16. The number of rotatable bonds is 2. The van der Waals surface area contributed by atoms with Crippen LogP contribution in [0.15, 0.2) is 18.2 Å². The van der Waals surface area contributed by atoms with E-state index in [-0.39, 0.29) is 5.41 Å². The molecule has 1 aliphatic carbocycles. The van der Waals surface area contributed by atoms with E-state index in [1.807, 2.05) is 32.9 Å². The predicted molar refractivity (Wildman–Crippen MR) is 80.6 cm³/mol. The molecule has 0 unspecified atom stereocenters. The normalized spacial score (nSPS) is 16.4. The molecule has 2 rings (SSSR count). The van der Waals surface area contributed by atoms with Gasteiger partial charge in [0.2, 0.25) is 0 Å². The number of hydrazine groups is 1. The van der Waals surface area contributed by atoms with Crippen LogP contribution < -0.4 is 10.9 Å². The van der Waals surface area contributed by atoms with Gasteiger partial charge in [0.1, 0.15) is 5.60 Å². The molecule has 0 radical (unpaired) electrons. The largest absolute Gasteiger partial charge is 0.443 e. The molecule has 0 aliphatic heterocycles.